The summed E-state index contributed by atoms with van der Waals surface area (Å²) in [4.78, 5) is 23.1. The first kappa shape index (κ1) is 19.0. The van der Waals surface area contributed by atoms with Gasteiger partial charge >= 0.3 is 0 Å². The van der Waals surface area contributed by atoms with Gasteiger partial charge in [-0.1, -0.05) is 0 Å². The van der Waals surface area contributed by atoms with Crippen molar-refractivity contribution in [3.63, 3.8) is 0 Å². The summed E-state index contributed by atoms with van der Waals surface area (Å²) in [5, 5.41) is 6.28. The number of hydrogen-bond donors (Lipinski definition) is 2. The number of likely N-dealkylation sites (tertiary alicyclic amines) is 1. The third-order valence-corrected chi connectivity index (χ3v) is 4.35. The van der Waals surface area contributed by atoms with Crippen molar-refractivity contribution >= 4 is 11.9 Å². The van der Waals surface area contributed by atoms with Crippen molar-refractivity contribution in [2.75, 3.05) is 33.3 Å². The molecule has 1 aromatic rings. The Balaban J connectivity index is 2.00. The van der Waals surface area contributed by atoms with Gasteiger partial charge in [0, 0.05) is 37.0 Å². The van der Waals surface area contributed by atoms with E-state index >= 15 is 0 Å². The molecule has 25 heavy (non-hydrogen) atoms. The second-order valence-corrected chi connectivity index (χ2v) is 6.18. The average Bonchev–Trinajstić information content (AvgIpc) is 3.13. The van der Waals surface area contributed by atoms with Crippen molar-refractivity contribution in [1.29, 1.82) is 0 Å². The Morgan fingerprint density at radius 1 is 1.32 bits per heavy atom. The maximum Gasteiger partial charge on any atom is 0.241 e. The van der Waals surface area contributed by atoms with Gasteiger partial charge in [-0.25, -0.2) is 4.99 Å². The molecule has 0 aliphatic carbocycles. The zero-order valence-corrected chi connectivity index (χ0v) is 15.7. The number of carbonyl (C=O) groups is 1. The molecule has 2 rings (SSSR count). The first-order valence-corrected chi connectivity index (χ1v) is 8.85. The molecule has 1 aliphatic heterocycles. The number of aliphatic imine (C=N–C) groups is 1. The molecule has 0 saturated carbocycles. The van der Waals surface area contributed by atoms with E-state index in [9.17, 15) is 4.79 Å². The van der Waals surface area contributed by atoms with Crippen molar-refractivity contribution in [3.8, 4) is 5.75 Å². The third-order valence-electron chi connectivity index (χ3n) is 4.35. The zero-order chi connectivity index (χ0) is 18.2. The van der Waals surface area contributed by atoms with Crippen molar-refractivity contribution in [2.45, 2.75) is 40.2 Å². The first-order chi connectivity index (χ1) is 12.1. The number of pyridine rings is 1. The molecular formula is C18H29N5O2. The molecule has 7 heteroatoms. The highest BCUT2D eigenvalue weighted by atomic mass is 16.5. The molecule has 0 spiro atoms. The van der Waals surface area contributed by atoms with Crippen LogP contribution in [-0.2, 0) is 11.3 Å². The smallest absolute Gasteiger partial charge is 0.241 e. The Bertz CT molecular complexity index is 624. The summed E-state index contributed by atoms with van der Waals surface area (Å²) in [5.41, 5.74) is 2.87. The molecule has 1 saturated heterocycles. The molecule has 1 aliphatic rings. The van der Waals surface area contributed by atoms with E-state index in [0.29, 0.717) is 12.5 Å². The van der Waals surface area contributed by atoms with Crippen molar-refractivity contribution in [3.05, 3.63) is 23.0 Å². The van der Waals surface area contributed by atoms with Crippen LogP contribution in [0.4, 0.5) is 0 Å². The molecule has 0 aromatic carbocycles. The molecule has 138 valence electrons. The standard InChI is InChI=1S/C18H29N5O2/c1-5-19-18(22-12-16(24)23-8-6-7-9-23)21-11-15-14(3)17(25-4)13(2)10-20-15/h10H,5-9,11-12H2,1-4H3,(H2,19,21,22). The van der Waals surface area contributed by atoms with E-state index in [1.165, 1.54) is 0 Å². The van der Waals surface area contributed by atoms with Crippen LogP contribution in [0.25, 0.3) is 0 Å². The monoisotopic (exact) mass is 347 g/mol. The molecule has 2 N–H and O–H groups in total. The van der Waals surface area contributed by atoms with E-state index in [1.54, 1.807) is 13.3 Å². The summed E-state index contributed by atoms with van der Waals surface area (Å²) in [7, 11) is 1.66. The largest absolute Gasteiger partial charge is 0.496 e. The summed E-state index contributed by atoms with van der Waals surface area (Å²) < 4.78 is 5.44. The lowest BCUT2D eigenvalue weighted by atomic mass is 10.1. The van der Waals surface area contributed by atoms with Crippen LogP contribution in [0.5, 0.6) is 5.75 Å². The highest BCUT2D eigenvalue weighted by Gasteiger charge is 2.17. The van der Waals surface area contributed by atoms with E-state index < -0.39 is 0 Å². The molecule has 0 unspecified atom stereocenters. The van der Waals surface area contributed by atoms with Crippen LogP contribution in [0, 0.1) is 13.8 Å². The molecule has 1 fully saturated rings. The lowest BCUT2D eigenvalue weighted by molar-refractivity contribution is -0.128. The van der Waals surface area contributed by atoms with Crippen LogP contribution >= 0.6 is 0 Å². The van der Waals surface area contributed by atoms with Gasteiger partial charge in [-0.3, -0.25) is 9.78 Å². The molecule has 7 nitrogen and oxygen atoms in total. The number of rotatable bonds is 6. The minimum absolute atomic E-state index is 0.120. The fourth-order valence-corrected chi connectivity index (χ4v) is 2.96. The number of amides is 1. The summed E-state index contributed by atoms with van der Waals surface area (Å²) in [6, 6.07) is 0. The lowest BCUT2D eigenvalue weighted by Gasteiger charge is -2.17. The van der Waals surface area contributed by atoms with Gasteiger partial charge in [0.25, 0.3) is 0 Å². The van der Waals surface area contributed by atoms with E-state index in [2.05, 4.69) is 20.6 Å². The molecule has 0 radical (unpaired) electrons. The topological polar surface area (TPSA) is 78.9 Å². The van der Waals surface area contributed by atoms with Gasteiger partial charge in [-0.2, -0.15) is 0 Å². The first-order valence-electron chi connectivity index (χ1n) is 8.85. The van der Waals surface area contributed by atoms with Gasteiger partial charge in [0.15, 0.2) is 5.96 Å². The number of ether oxygens (including phenoxy) is 1. The predicted octanol–water partition coefficient (Wildman–Crippen LogP) is 1.38. The Hall–Kier alpha value is -2.31. The molecule has 0 bridgehead atoms. The average molecular weight is 347 g/mol. The van der Waals surface area contributed by atoms with E-state index in [4.69, 9.17) is 4.74 Å². The SMILES string of the molecule is CCNC(=NCc1ncc(C)c(OC)c1C)NCC(=O)N1CCCC1. The summed E-state index contributed by atoms with van der Waals surface area (Å²) in [5.74, 6) is 1.59. The van der Waals surface area contributed by atoms with Crippen LogP contribution in [-0.4, -0.2) is 55.0 Å². The van der Waals surface area contributed by atoms with Crippen LogP contribution in [0.1, 0.15) is 36.6 Å². The molecule has 0 atom stereocenters. The van der Waals surface area contributed by atoms with Gasteiger partial charge in [0.1, 0.15) is 5.75 Å². The maximum atomic E-state index is 12.2. The number of aromatic nitrogens is 1. The van der Waals surface area contributed by atoms with E-state index in [0.717, 1.165) is 55.0 Å². The van der Waals surface area contributed by atoms with E-state index in [-0.39, 0.29) is 12.5 Å². The maximum absolute atomic E-state index is 12.2. The fourth-order valence-electron chi connectivity index (χ4n) is 2.96. The van der Waals surface area contributed by atoms with Gasteiger partial charge in [0.2, 0.25) is 5.91 Å². The second kappa shape index (κ2) is 9.25. The number of guanidine groups is 1. The van der Waals surface area contributed by atoms with Crippen LogP contribution in [0.2, 0.25) is 0 Å². The second-order valence-electron chi connectivity index (χ2n) is 6.18. The number of hydrogen-bond acceptors (Lipinski definition) is 4. The summed E-state index contributed by atoms with van der Waals surface area (Å²) in [6.45, 7) is 9.10. The molecule has 1 aromatic heterocycles. The highest BCUT2D eigenvalue weighted by molar-refractivity contribution is 5.86. The zero-order valence-electron chi connectivity index (χ0n) is 15.7. The van der Waals surface area contributed by atoms with Gasteiger partial charge in [0.05, 0.1) is 25.9 Å². The van der Waals surface area contributed by atoms with Crippen molar-refractivity contribution in [2.24, 2.45) is 4.99 Å². The minimum Gasteiger partial charge on any atom is -0.496 e. The minimum atomic E-state index is 0.120. The molecule has 1 amide bonds. The van der Waals surface area contributed by atoms with Crippen molar-refractivity contribution in [1.82, 2.24) is 20.5 Å². The summed E-state index contributed by atoms with van der Waals surface area (Å²) >= 11 is 0. The van der Waals surface area contributed by atoms with Crippen LogP contribution in [0.3, 0.4) is 0 Å². The highest BCUT2D eigenvalue weighted by Crippen LogP contribution is 2.24. The Labute approximate surface area is 149 Å². The third kappa shape index (κ3) is 5.08. The normalized spacial score (nSPS) is 14.6. The molecular weight excluding hydrogens is 318 g/mol. The summed E-state index contributed by atoms with van der Waals surface area (Å²) in [6.07, 6.45) is 3.99. The van der Waals surface area contributed by atoms with Crippen LogP contribution < -0.4 is 15.4 Å². The van der Waals surface area contributed by atoms with Gasteiger partial charge in [-0.05, 0) is 33.6 Å². The van der Waals surface area contributed by atoms with Gasteiger partial charge in [-0.15, -0.1) is 0 Å². The Kier molecular flexibility index (Phi) is 7.03. The number of nitrogens with zero attached hydrogens (tertiary/aromatic N) is 3. The van der Waals surface area contributed by atoms with Gasteiger partial charge < -0.3 is 20.3 Å². The Morgan fingerprint density at radius 2 is 2.04 bits per heavy atom. The fraction of sp³-hybridized carbons (Fsp3) is 0.611. The van der Waals surface area contributed by atoms with E-state index in [1.807, 2.05) is 25.7 Å². The predicted molar refractivity (Wildman–Crippen MR) is 98.9 cm³/mol. The molecule has 2 heterocycles. The Morgan fingerprint density at radius 3 is 2.68 bits per heavy atom. The number of nitrogens with one attached hydrogen (secondary N) is 2. The lowest BCUT2D eigenvalue weighted by Crippen LogP contribution is -2.44. The van der Waals surface area contributed by atoms with Crippen LogP contribution in [0.15, 0.2) is 11.2 Å². The number of carbonyl (C=O) groups excluding carboxylic acids is 1. The number of methoxy groups -OCH3 is 1. The number of aryl methyl sites for hydroxylation is 1. The van der Waals surface area contributed by atoms with Crippen molar-refractivity contribution < 1.29 is 9.53 Å². The quantitative estimate of drug-likeness (QED) is 0.600.